The van der Waals surface area contributed by atoms with E-state index in [9.17, 15) is 4.79 Å². The first-order valence-electron chi connectivity index (χ1n) is 5.45. The first kappa shape index (κ1) is 12.7. The number of rotatable bonds is 2. The number of carbonyl (C=O) groups is 1. The van der Waals surface area contributed by atoms with Gasteiger partial charge in [-0.3, -0.25) is 4.79 Å². The SMILES string of the molecule is Cn1c(C(=O)N2CCC(CO)C2)cc(Cl)c1Cl. The van der Waals surface area contributed by atoms with Crippen molar-refractivity contribution in [2.24, 2.45) is 13.0 Å². The number of amides is 1. The van der Waals surface area contributed by atoms with Gasteiger partial charge in [-0.1, -0.05) is 23.2 Å². The highest BCUT2D eigenvalue weighted by Crippen LogP contribution is 2.27. The van der Waals surface area contributed by atoms with Crippen LogP contribution in [0.5, 0.6) is 0 Å². The number of nitrogens with zero attached hydrogens (tertiary/aromatic N) is 2. The largest absolute Gasteiger partial charge is 0.396 e. The second-order valence-electron chi connectivity index (χ2n) is 4.32. The standard InChI is InChI=1S/C11H14Cl2N2O2/c1-14-9(4-8(12)10(14)13)11(17)15-3-2-7(5-15)6-16/h4,7,16H,2-3,5-6H2,1H3. The molecule has 0 aromatic carbocycles. The molecule has 94 valence electrons. The van der Waals surface area contributed by atoms with Crippen molar-refractivity contribution in [3.63, 3.8) is 0 Å². The van der Waals surface area contributed by atoms with Crippen LogP contribution in [0.4, 0.5) is 0 Å². The minimum atomic E-state index is -0.0859. The van der Waals surface area contributed by atoms with Gasteiger partial charge in [-0.05, 0) is 12.5 Å². The molecule has 17 heavy (non-hydrogen) atoms. The van der Waals surface area contributed by atoms with E-state index in [0.29, 0.717) is 29.0 Å². The van der Waals surface area contributed by atoms with Gasteiger partial charge in [0.25, 0.3) is 5.91 Å². The van der Waals surface area contributed by atoms with E-state index >= 15 is 0 Å². The van der Waals surface area contributed by atoms with Crippen LogP contribution < -0.4 is 0 Å². The summed E-state index contributed by atoms with van der Waals surface area (Å²) in [6.07, 6.45) is 0.841. The number of aliphatic hydroxyl groups is 1. The van der Waals surface area contributed by atoms with Crippen molar-refractivity contribution >= 4 is 29.1 Å². The Bertz CT molecular complexity index is 445. The zero-order valence-corrected chi connectivity index (χ0v) is 11.0. The lowest BCUT2D eigenvalue weighted by molar-refractivity contribution is 0.0772. The predicted molar refractivity (Wildman–Crippen MR) is 66.5 cm³/mol. The Kier molecular flexibility index (Phi) is 3.66. The molecule has 2 heterocycles. The fourth-order valence-electron chi connectivity index (χ4n) is 2.08. The fraction of sp³-hybridized carbons (Fsp3) is 0.545. The van der Waals surface area contributed by atoms with Crippen LogP contribution in [0.2, 0.25) is 10.2 Å². The molecule has 1 aromatic heterocycles. The molecule has 0 bridgehead atoms. The van der Waals surface area contributed by atoms with Crippen LogP contribution in [-0.2, 0) is 7.05 Å². The summed E-state index contributed by atoms with van der Waals surface area (Å²) in [7, 11) is 1.71. The van der Waals surface area contributed by atoms with Crippen molar-refractivity contribution in [2.45, 2.75) is 6.42 Å². The van der Waals surface area contributed by atoms with Crippen LogP contribution in [0.25, 0.3) is 0 Å². The van der Waals surface area contributed by atoms with Gasteiger partial charge in [0.15, 0.2) is 0 Å². The number of hydrogen-bond donors (Lipinski definition) is 1. The second-order valence-corrected chi connectivity index (χ2v) is 5.08. The summed E-state index contributed by atoms with van der Waals surface area (Å²) in [4.78, 5) is 13.9. The molecule has 1 atom stereocenters. The Hall–Kier alpha value is -0.710. The third-order valence-electron chi connectivity index (χ3n) is 3.17. The first-order valence-corrected chi connectivity index (χ1v) is 6.21. The van der Waals surface area contributed by atoms with Gasteiger partial charge in [0.2, 0.25) is 0 Å². The molecule has 0 aliphatic carbocycles. The highest BCUT2D eigenvalue weighted by atomic mass is 35.5. The number of likely N-dealkylation sites (tertiary alicyclic amines) is 1. The lowest BCUT2D eigenvalue weighted by atomic mass is 10.1. The number of carbonyl (C=O) groups excluding carboxylic acids is 1. The normalized spacial score (nSPS) is 20.0. The maximum atomic E-state index is 12.2. The van der Waals surface area contributed by atoms with Crippen LogP contribution in [0.1, 0.15) is 16.9 Å². The Morgan fingerprint density at radius 1 is 1.59 bits per heavy atom. The van der Waals surface area contributed by atoms with E-state index in [4.69, 9.17) is 28.3 Å². The Morgan fingerprint density at radius 3 is 2.76 bits per heavy atom. The lowest BCUT2D eigenvalue weighted by Crippen LogP contribution is -2.30. The fourth-order valence-corrected chi connectivity index (χ4v) is 2.45. The van der Waals surface area contributed by atoms with Crippen molar-refractivity contribution in [3.05, 3.63) is 21.9 Å². The van der Waals surface area contributed by atoms with Crippen molar-refractivity contribution in [3.8, 4) is 0 Å². The summed E-state index contributed by atoms with van der Waals surface area (Å²) >= 11 is 11.8. The van der Waals surface area contributed by atoms with Gasteiger partial charge in [0, 0.05) is 32.7 Å². The van der Waals surface area contributed by atoms with Crippen molar-refractivity contribution in [1.29, 1.82) is 0 Å². The van der Waals surface area contributed by atoms with E-state index in [1.54, 1.807) is 22.6 Å². The average molecular weight is 277 g/mol. The molecule has 6 heteroatoms. The third-order valence-corrected chi connectivity index (χ3v) is 4.01. The molecule has 0 radical (unpaired) electrons. The van der Waals surface area contributed by atoms with Crippen LogP contribution >= 0.6 is 23.2 Å². The Morgan fingerprint density at radius 2 is 2.29 bits per heavy atom. The molecule has 0 saturated carbocycles. The van der Waals surface area contributed by atoms with Crippen molar-refractivity contribution in [2.75, 3.05) is 19.7 Å². The van der Waals surface area contributed by atoms with Gasteiger partial charge >= 0.3 is 0 Å². The van der Waals surface area contributed by atoms with E-state index < -0.39 is 0 Å². The molecule has 0 spiro atoms. The highest BCUT2D eigenvalue weighted by molar-refractivity contribution is 6.41. The maximum absolute atomic E-state index is 12.2. The number of aromatic nitrogens is 1. The van der Waals surface area contributed by atoms with Gasteiger partial charge in [0.1, 0.15) is 10.8 Å². The Labute approximate surface area is 110 Å². The average Bonchev–Trinajstić information content (AvgIpc) is 2.89. The van der Waals surface area contributed by atoms with Gasteiger partial charge < -0.3 is 14.6 Å². The highest BCUT2D eigenvalue weighted by Gasteiger charge is 2.28. The number of halogens is 2. The lowest BCUT2D eigenvalue weighted by Gasteiger charge is -2.16. The molecular weight excluding hydrogens is 263 g/mol. The summed E-state index contributed by atoms with van der Waals surface area (Å²) in [5.41, 5.74) is 0.485. The zero-order valence-electron chi connectivity index (χ0n) is 9.49. The third kappa shape index (κ3) is 2.30. The summed E-state index contributed by atoms with van der Waals surface area (Å²) in [6.45, 7) is 1.39. The number of aliphatic hydroxyl groups excluding tert-OH is 1. The molecule has 1 amide bonds. The summed E-state index contributed by atoms with van der Waals surface area (Å²) in [5.74, 6) is 0.0995. The molecule has 1 aliphatic rings. The molecule has 1 N–H and O–H groups in total. The van der Waals surface area contributed by atoms with E-state index in [-0.39, 0.29) is 18.4 Å². The molecule has 1 saturated heterocycles. The predicted octanol–water partition coefficient (Wildman–Crippen LogP) is 1.79. The molecular formula is C11H14Cl2N2O2. The van der Waals surface area contributed by atoms with Crippen molar-refractivity contribution < 1.29 is 9.90 Å². The van der Waals surface area contributed by atoms with Gasteiger partial charge in [0.05, 0.1) is 5.02 Å². The second kappa shape index (κ2) is 4.88. The van der Waals surface area contributed by atoms with Crippen molar-refractivity contribution in [1.82, 2.24) is 9.47 Å². The van der Waals surface area contributed by atoms with E-state index in [1.807, 2.05) is 0 Å². The molecule has 1 fully saturated rings. The Balaban J connectivity index is 2.18. The van der Waals surface area contributed by atoms with E-state index in [2.05, 4.69) is 0 Å². The topological polar surface area (TPSA) is 45.5 Å². The smallest absolute Gasteiger partial charge is 0.270 e. The minimum absolute atomic E-state index is 0.0859. The van der Waals surface area contributed by atoms with Crippen LogP contribution in [0.3, 0.4) is 0 Å². The van der Waals surface area contributed by atoms with E-state index in [0.717, 1.165) is 6.42 Å². The maximum Gasteiger partial charge on any atom is 0.270 e. The van der Waals surface area contributed by atoms with Crippen LogP contribution in [0.15, 0.2) is 6.07 Å². The van der Waals surface area contributed by atoms with E-state index in [1.165, 1.54) is 0 Å². The molecule has 4 nitrogen and oxygen atoms in total. The first-order chi connectivity index (χ1) is 8.04. The summed E-state index contributed by atoms with van der Waals surface area (Å²) in [5, 5.41) is 9.81. The summed E-state index contributed by atoms with van der Waals surface area (Å²) < 4.78 is 1.58. The minimum Gasteiger partial charge on any atom is -0.396 e. The van der Waals surface area contributed by atoms with Gasteiger partial charge in [-0.15, -0.1) is 0 Å². The number of hydrogen-bond acceptors (Lipinski definition) is 2. The monoisotopic (exact) mass is 276 g/mol. The molecule has 1 unspecified atom stereocenters. The van der Waals surface area contributed by atoms with Crippen LogP contribution in [-0.4, -0.2) is 40.2 Å². The molecule has 2 rings (SSSR count). The van der Waals surface area contributed by atoms with Gasteiger partial charge in [-0.25, -0.2) is 0 Å². The zero-order chi connectivity index (χ0) is 12.6. The summed E-state index contributed by atoms with van der Waals surface area (Å²) in [6, 6.07) is 1.58. The molecule has 1 aliphatic heterocycles. The van der Waals surface area contributed by atoms with Crippen LogP contribution in [0, 0.1) is 5.92 Å². The quantitative estimate of drug-likeness (QED) is 0.895. The van der Waals surface area contributed by atoms with Gasteiger partial charge in [-0.2, -0.15) is 0 Å². The molecule has 1 aromatic rings.